The Morgan fingerprint density at radius 2 is 1.64 bits per heavy atom. The van der Waals surface area contributed by atoms with Crippen molar-refractivity contribution in [1.29, 1.82) is 0 Å². The number of piperazine rings is 1. The fraction of sp³-hybridized carbons (Fsp3) is 0.360. The Bertz CT molecular complexity index is 1240. The minimum absolute atomic E-state index is 0.0662. The molecule has 0 N–H and O–H groups in total. The van der Waals surface area contributed by atoms with Crippen LogP contribution in [0.15, 0.2) is 48.7 Å². The second-order valence-corrected chi connectivity index (χ2v) is 9.12. The smallest absolute Gasteiger partial charge is 0.410 e. The van der Waals surface area contributed by atoms with E-state index in [1.807, 2.05) is 20.8 Å². The lowest BCUT2D eigenvalue weighted by atomic mass is 10.1. The summed E-state index contributed by atoms with van der Waals surface area (Å²) in [4.78, 5) is 36.9. The van der Waals surface area contributed by atoms with Gasteiger partial charge in [-0.25, -0.2) is 14.8 Å². The molecular weight excluding hydrogens is 474 g/mol. The summed E-state index contributed by atoms with van der Waals surface area (Å²) in [7, 11) is 0. The van der Waals surface area contributed by atoms with Gasteiger partial charge in [-0.1, -0.05) is 6.07 Å². The van der Waals surface area contributed by atoms with Gasteiger partial charge in [0.1, 0.15) is 22.8 Å². The summed E-state index contributed by atoms with van der Waals surface area (Å²) >= 11 is 0. The molecule has 36 heavy (non-hydrogen) atoms. The van der Waals surface area contributed by atoms with Crippen molar-refractivity contribution in [2.24, 2.45) is 0 Å². The number of pyridine rings is 2. The number of hydrogen-bond donors (Lipinski definition) is 0. The molecule has 3 aromatic rings. The minimum Gasteiger partial charge on any atom is -0.444 e. The molecule has 9 nitrogen and oxygen atoms in total. The van der Waals surface area contributed by atoms with Crippen LogP contribution in [-0.2, 0) is 4.74 Å². The molecule has 1 aromatic carbocycles. The number of amides is 2. The normalized spacial score (nSPS) is 14.2. The van der Waals surface area contributed by atoms with Gasteiger partial charge in [0.2, 0.25) is 5.88 Å². The van der Waals surface area contributed by atoms with Crippen molar-refractivity contribution < 1.29 is 32.6 Å². The van der Waals surface area contributed by atoms with Crippen molar-refractivity contribution >= 4 is 22.9 Å². The Hall–Kier alpha value is -4.02. The van der Waals surface area contributed by atoms with Crippen LogP contribution in [0, 0.1) is 0 Å². The SMILES string of the molecule is CC(C)(C)OC(=O)N1CCN(C(=O)c2ccc3cc(Oc4ccc(OC(F)F)cn4)ccc3n2)CC1. The average molecular weight is 501 g/mol. The molecule has 0 saturated carbocycles. The molecule has 190 valence electrons. The Morgan fingerprint density at radius 1 is 0.944 bits per heavy atom. The van der Waals surface area contributed by atoms with Gasteiger partial charge in [-0.3, -0.25) is 4.79 Å². The molecule has 4 rings (SSSR count). The van der Waals surface area contributed by atoms with E-state index >= 15 is 0 Å². The number of carbonyl (C=O) groups is 2. The van der Waals surface area contributed by atoms with E-state index in [-0.39, 0.29) is 23.6 Å². The first-order chi connectivity index (χ1) is 17.1. The van der Waals surface area contributed by atoms with Crippen LogP contribution in [0.2, 0.25) is 0 Å². The zero-order valence-corrected chi connectivity index (χ0v) is 20.1. The summed E-state index contributed by atoms with van der Waals surface area (Å²) in [5.74, 6) is 0.401. The molecule has 2 aromatic heterocycles. The number of carbonyl (C=O) groups excluding carboxylic acids is 2. The third kappa shape index (κ3) is 6.35. The van der Waals surface area contributed by atoms with Gasteiger partial charge >= 0.3 is 12.7 Å². The zero-order chi connectivity index (χ0) is 25.9. The predicted octanol–water partition coefficient (Wildman–Crippen LogP) is 4.72. The van der Waals surface area contributed by atoms with Crippen LogP contribution < -0.4 is 9.47 Å². The third-order valence-corrected chi connectivity index (χ3v) is 5.26. The topological polar surface area (TPSA) is 94.1 Å². The molecule has 0 spiro atoms. The lowest BCUT2D eigenvalue weighted by molar-refractivity contribution is -0.0501. The largest absolute Gasteiger partial charge is 0.444 e. The minimum atomic E-state index is -2.93. The van der Waals surface area contributed by atoms with Crippen LogP contribution in [-0.4, -0.2) is 70.2 Å². The van der Waals surface area contributed by atoms with Crippen LogP contribution >= 0.6 is 0 Å². The summed E-state index contributed by atoms with van der Waals surface area (Å²) in [6, 6.07) is 11.3. The second-order valence-electron chi connectivity index (χ2n) is 9.12. The van der Waals surface area contributed by atoms with Gasteiger partial charge < -0.3 is 24.0 Å². The molecule has 0 radical (unpaired) electrons. The van der Waals surface area contributed by atoms with Crippen LogP contribution in [0.4, 0.5) is 13.6 Å². The van der Waals surface area contributed by atoms with Crippen molar-refractivity contribution in [1.82, 2.24) is 19.8 Å². The number of aromatic nitrogens is 2. The first-order valence-corrected chi connectivity index (χ1v) is 11.3. The second kappa shape index (κ2) is 10.3. The quantitative estimate of drug-likeness (QED) is 0.501. The zero-order valence-electron chi connectivity index (χ0n) is 20.1. The summed E-state index contributed by atoms with van der Waals surface area (Å²) < 4.78 is 39.9. The van der Waals surface area contributed by atoms with Crippen LogP contribution in [0.3, 0.4) is 0 Å². The number of hydrogen-bond acceptors (Lipinski definition) is 7. The van der Waals surface area contributed by atoms with Gasteiger partial charge in [-0.15, -0.1) is 0 Å². The van der Waals surface area contributed by atoms with Gasteiger partial charge in [0.15, 0.2) is 0 Å². The number of fused-ring (bicyclic) bond motifs is 1. The van der Waals surface area contributed by atoms with E-state index in [0.717, 1.165) is 11.6 Å². The molecule has 0 aliphatic carbocycles. The number of halogens is 2. The highest BCUT2D eigenvalue weighted by Crippen LogP contribution is 2.26. The Labute approximate surface area is 206 Å². The summed E-state index contributed by atoms with van der Waals surface area (Å²) in [5.41, 5.74) is 0.337. The molecule has 2 amide bonds. The van der Waals surface area contributed by atoms with Gasteiger partial charge in [-0.05, 0) is 51.1 Å². The van der Waals surface area contributed by atoms with E-state index in [2.05, 4.69) is 14.7 Å². The van der Waals surface area contributed by atoms with Crippen LogP contribution in [0.25, 0.3) is 10.9 Å². The molecule has 1 aliphatic rings. The first kappa shape index (κ1) is 25.1. The van der Waals surface area contributed by atoms with Crippen molar-refractivity contribution in [2.75, 3.05) is 26.2 Å². The Balaban J connectivity index is 1.38. The van der Waals surface area contributed by atoms with E-state index in [4.69, 9.17) is 9.47 Å². The van der Waals surface area contributed by atoms with Gasteiger partial charge in [0.25, 0.3) is 5.91 Å². The number of ether oxygens (including phenoxy) is 3. The standard InChI is InChI=1S/C25H26F2N4O5/c1-25(2,3)36-24(33)31-12-10-30(11-13-31)22(32)20-7-4-16-14-17(5-8-19(16)29-20)34-21-9-6-18(15-28-21)35-23(26)27/h4-9,14-15,23H,10-13H2,1-3H3. The molecule has 0 atom stereocenters. The lowest BCUT2D eigenvalue weighted by Crippen LogP contribution is -2.51. The average Bonchev–Trinajstić information content (AvgIpc) is 2.83. The maximum absolute atomic E-state index is 13.0. The highest BCUT2D eigenvalue weighted by molar-refractivity contribution is 5.95. The maximum atomic E-state index is 13.0. The molecule has 1 fully saturated rings. The van der Waals surface area contributed by atoms with Crippen LogP contribution in [0.5, 0.6) is 17.4 Å². The van der Waals surface area contributed by atoms with Crippen molar-refractivity contribution in [3.8, 4) is 17.4 Å². The number of nitrogens with zero attached hydrogens (tertiary/aromatic N) is 4. The van der Waals surface area contributed by atoms with Crippen molar-refractivity contribution in [3.63, 3.8) is 0 Å². The predicted molar refractivity (Wildman–Crippen MR) is 126 cm³/mol. The lowest BCUT2D eigenvalue weighted by Gasteiger charge is -2.35. The molecule has 0 bridgehead atoms. The maximum Gasteiger partial charge on any atom is 0.410 e. The Kier molecular flexibility index (Phi) is 7.18. The number of alkyl halides is 2. The van der Waals surface area contributed by atoms with E-state index < -0.39 is 12.2 Å². The summed E-state index contributed by atoms with van der Waals surface area (Å²) in [6.45, 7) is 4.06. The van der Waals surface area contributed by atoms with Crippen LogP contribution in [0.1, 0.15) is 31.3 Å². The Morgan fingerprint density at radius 3 is 2.28 bits per heavy atom. The van der Waals surface area contributed by atoms with E-state index in [9.17, 15) is 18.4 Å². The van der Waals surface area contributed by atoms with Gasteiger partial charge in [-0.2, -0.15) is 8.78 Å². The third-order valence-electron chi connectivity index (χ3n) is 5.26. The van der Waals surface area contributed by atoms with E-state index in [0.29, 0.717) is 43.1 Å². The number of benzene rings is 1. The fourth-order valence-corrected chi connectivity index (χ4v) is 3.59. The molecule has 3 heterocycles. The fourth-order valence-electron chi connectivity index (χ4n) is 3.59. The van der Waals surface area contributed by atoms with Gasteiger partial charge in [0.05, 0.1) is 11.7 Å². The molecule has 0 unspecified atom stereocenters. The van der Waals surface area contributed by atoms with Crippen molar-refractivity contribution in [3.05, 3.63) is 54.4 Å². The highest BCUT2D eigenvalue weighted by Gasteiger charge is 2.28. The molecule has 11 heteroatoms. The summed E-state index contributed by atoms with van der Waals surface area (Å²) in [6.07, 6.45) is 0.763. The van der Waals surface area contributed by atoms with Gasteiger partial charge in [0, 0.05) is 37.6 Å². The van der Waals surface area contributed by atoms with Crippen molar-refractivity contribution in [2.45, 2.75) is 33.0 Å². The summed E-state index contributed by atoms with van der Waals surface area (Å²) in [5, 5.41) is 0.747. The molecule has 1 aliphatic heterocycles. The molecule has 1 saturated heterocycles. The monoisotopic (exact) mass is 500 g/mol. The van der Waals surface area contributed by atoms with E-state index in [1.165, 1.54) is 12.1 Å². The highest BCUT2D eigenvalue weighted by atomic mass is 19.3. The number of rotatable bonds is 5. The van der Waals surface area contributed by atoms with E-state index in [1.54, 1.807) is 40.1 Å². The first-order valence-electron chi connectivity index (χ1n) is 11.3. The molecular formula is C25H26F2N4O5.